The first-order chi connectivity index (χ1) is 8.47. The zero-order valence-corrected chi connectivity index (χ0v) is 10.4. The number of hydrogen-bond donors (Lipinski definition) is 1. The van der Waals surface area contributed by atoms with Crippen LogP contribution in [-0.4, -0.2) is 9.55 Å². The number of rotatable bonds is 2. The third-order valence-corrected chi connectivity index (χ3v) is 2.94. The molecule has 0 radical (unpaired) electrons. The van der Waals surface area contributed by atoms with E-state index < -0.39 is 17.1 Å². The third-order valence-electron chi connectivity index (χ3n) is 2.32. The smallest absolute Gasteiger partial charge is 0.295 e. The van der Waals surface area contributed by atoms with E-state index in [1.54, 1.807) is 0 Å². The molecule has 1 heterocycles. The van der Waals surface area contributed by atoms with Crippen molar-refractivity contribution in [1.29, 1.82) is 0 Å². The summed E-state index contributed by atoms with van der Waals surface area (Å²) in [5.41, 5.74) is -0.712. The Labute approximate surface area is 111 Å². The topological polar surface area (TPSA) is 54.9 Å². The minimum atomic E-state index is -0.650. The van der Waals surface area contributed by atoms with Crippen molar-refractivity contribution in [1.82, 2.24) is 9.55 Å². The summed E-state index contributed by atoms with van der Waals surface area (Å²) in [7, 11) is 0. The first-order valence-electron chi connectivity index (χ1n) is 4.90. The number of aromatic nitrogens is 2. The lowest BCUT2D eigenvalue weighted by molar-refractivity contribution is 0.625. The van der Waals surface area contributed by atoms with Crippen LogP contribution in [0.3, 0.4) is 0 Å². The normalized spacial score (nSPS) is 10.6. The molecule has 2 aromatic rings. The van der Waals surface area contributed by atoms with Crippen LogP contribution < -0.4 is 11.2 Å². The molecule has 0 atom stereocenters. The van der Waals surface area contributed by atoms with Gasteiger partial charge in [0.2, 0.25) is 0 Å². The fourth-order valence-corrected chi connectivity index (χ4v) is 1.83. The Morgan fingerprint density at radius 3 is 2.61 bits per heavy atom. The number of halogens is 3. The van der Waals surface area contributed by atoms with Gasteiger partial charge in [0.05, 0.1) is 6.54 Å². The predicted molar refractivity (Wildman–Crippen MR) is 66.8 cm³/mol. The number of benzene rings is 1. The van der Waals surface area contributed by atoms with Crippen molar-refractivity contribution in [3.05, 3.63) is 66.7 Å². The number of H-pyrrole nitrogens is 1. The van der Waals surface area contributed by atoms with Gasteiger partial charge >= 0.3 is 5.69 Å². The molecule has 0 aliphatic rings. The molecule has 0 fully saturated rings. The van der Waals surface area contributed by atoms with Crippen molar-refractivity contribution in [2.24, 2.45) is 0 Å². The zero-order chi connectivity index (χ0) is 13.3. The second-order valence-corrected chi connectivity index (χ2v) is 4.41. The largest absolute Gasteiger partial charge is 0.328 e. The van der Waals surface area contributed by atoms with Crippen molar-refractivity contribution in [3.63, 3.8) is 0 Å². The second kappa shape index (κ2) is 4.96. The van der Waals surface area contributed by atoms with Crippen LogP contribution in [0.15, 0.2) is 34.0 Å². The van der Waals surface area contributed by atoms with E-state index in [0.717, 1.165) is 6.07 Å². The molecule has 1 N–H and O–H groups in total. The standard InChI is InChI=1S/C11H7Cl2FN2O2/c12-8-3-7(14)2-1-6(8)4-16-5-9(13)10(17)15-11(16)18/h1-3,5H,4H2,(H,15,17,18). The van der Waals surface area contributed by atoms with E-state index >= 15 is 0 Å². The highest BCUT2D eigenvalue weighted by atomic mass is 35.5. The molecule has 2 rings (SSSR count). The van der Waals surface area contributed by atoms with E-state index in [9.17, 15) is 14.0 Å². The van der Waals surface area contributed by atoms with Crippen molar-refractivity contribution in [2.45, 2.75) is 6.54 Å². The molecule has 0 bridgehead atoms. The quantitative estimate of drug-likeness (QED) is 0.919. The van der Waals surface area contributed by atoms with Crippen LogP contribution >= 0.6 is 23.2 Å². The van der Waals surface area contributed by atoms with Crippen LogP contribution in [-0.2, 0) is 6.54 Å². The molecule has 7 heteroatoms. The Kier molecular flexibility index (Phi) is 3.54. The summed E-state index contributed by atoms with van der Waals surface area (Å²) in [5, 5.41) is 0.0945. The van der Waals surface area contributed by atoms with Gasteiger partial charge in [0.15, 0.2) is 0 Å². The lowest BCUT2D eigenvalue weighted by Gasteiger charge is -2.07. The minimum absolute atomic E-state index is 0.0917. The van der Waals surface area contributed by atoms with Crippen molar-refractivity contribution >= 4 is 23.2 Å². The van der Waals surface area contributed by atoms with Gasteiger partial charge in [0, 0.05) is 11.2 Å². The highest BCUT2D eigenvalue weighted by molar-refractivity contribution is 6.31. The SMILES string of the molecule is O=c1[nH]c(=O)n(Cc2ccc(F)cc2Cl)cc1Cl. The van der Waals surface area contributed by atoms with Crippen molar-refractivity contribution < 1.29 is 4.39 Å². The van der Waals surface area contributed by atoms with E-state index in [2.05, 4.69) is 4.98 Å². The molecular formula is C11H7Cl2FN2O2. The molecule has 0 aliphatic heterocycles. The molecule has 94 valence electrons. The van der Waals surface area contributed by atoms with Gasteiger partial charge in [-0.1, -0.05) is 29.3 Å². The fraction of sp³-hybridized carbons (Fsp3) is 0.0909. The summed E-state index contributed by atoms with van der Waals surface area (Å²) < 4.78 is 14.0. The Morgan fingerprint density at radius 1 is 1.22 bits per heavy atom. The van der Waals surface area contributed by atoms with Gasteiger partial charge in [-0.25, -0.2) is 9.18 Å². The molecule has 0 amide bonds. The van der Waals surface area contributed by atoms with Crippen LogP contribution in [0.5, 0.6) is 0 Å². The van der Waals surface area contributed by atoms with E-state index in [1.165, 1.54) is 22.9 Å². The molecule has 1 aromatic heterocycles. The molecule has 0 saturated carbocycles. The summed E-state index contributed by atoms with van der Waals surface area (Å²) in [6.45, 7) is 0.0917. The molecule has 18 heavy (non-hydrogen) atoms. The van der Waals surface area contributed by atoms with Gasteiger partial charge in [-0.15, -0.1) is 0 Å². The second-order valence-electron chi connectivity index (χ2n) is 3.60. The predicted octanol–water partition coefficient (Wildman–Crippen LogP) is 2.03. The van der Waals surface area contributed by atoms with Gasteiger partial charge in [-0.3, -0.25) is 14.3 Å². The monoisotopic (exact) mass is 288 g/mol. The molecule has 0 saturated heterocycles. The number of nitrogens with one attached hydrogen (secondary N) is 1. The van der Waals surface area contributed by atoms with Gasteiger partial charge in [0.25, 0.3) is 5.56 Å². The maximum absolute atomic E-state index is 12.9. The highest BCUT2D eigenvalue weighted by Gasteiger charge is 2.06. The average Bonchev–Trinajstić information content (AvgIpc) is 2.29. The molecular weight excluding hydrogens is 282 g/mol. The van der Waals surface area contributed by atoms with Crippen LogP contribution in [0.1, 0.15) is 5.56 Å². The van der Waals surface area contributed by atoms with Gasteiger partial charge in [-0.05, 0) is 17.7 Å². The van der Waals surface area contributed by atoms with Crippen LogP contribution in [0.25, 0.3) is 0 Å². The molecule has 0 spiro atoms. The summed E-state index contributed by atoms with van der Waals surface area (Å²) in [6, 6.07) is 3.85. The number of aromatic amines is 1. The Balaban J connectivity index is 2.43. The van der Waals surface area contributed by atoms with Crippen molar-refractivity contribution in [3.8, 4) is 0 Å². The van der Waals surface area contributed by atoms with Gasteiger partial charge in [-0.2, -0.15) is 0 Å². The first kappa shape index (κ1) is 12.9. The summed E-state index contributed by atoms with van der Waals surface area (Å²) in [4.78, 5) is 24.6. The van der Waals surface area contributed by atoms with Gasteiger partial charge < -0.3 is 0 Å². The van der Waals surface area contributed by atoms with E-state index in [4.69, 9.17) is 23.2 Å². The third kappa shape index (κ3) is 2.63. The highest BCUT2D eigenvalue weighted by Crippen LogP contribution is 2.17. The lowest BCUT2D eigenvalue weighted by Crippen LogP contribution is -2.30. The molecule has 4 nitrogen and oxygen atoms in total. The zero-order valence-electron chi connectivity index (χ0n) is 8.91. The summed E-state index contributed by atoms with van der Waals surface area (Å²) in [5.74, 6) is -0.462. The lowest BCUT2D eigenvalue weighted by atomic mass is 10.2. The maximum atomic E-state index is 12.9. The van der Waals surface area contributed by atoms with E-state index in [1.807, 2.05) is 0 Å². The van der Waals surface area contributed by atoms with Crippen molar-refractivity contribution in [2.75, 3.05) is 0 Å². The van der Waals surface area contributed by atoms with E-state index in [0.29, 0.717) is 5.56 Å². The Hall–Kier alpha value is -1.59. The molecule has 0 unspecified atom stereocenters. The van der Waals surface area contributed by atoms with Crippen LogP contribution in [0.4, 0.5) is 4.39 Å². The van der Waals surface area contributed by atoms with Gasteiger partial charge in [0.1, 0.15) is 10.8 Å². The maximum Gasteiger partial charge on any atom is 0.328 e. The van der Waals surface area contributed by atoms with Crippen LogP contribution in [0, 0.1) is 5.82 Å². The molecule has 0 aliphatic carbocycles. The molecule has 1 aromatic carbocycles. The Morgan fingerprint density at radius 2 is 1.94 bits per heavy atom. The van der Waals surface area contributed by atoms with Crippen LogP contribution in [0.2, 0.25) is 10.0 Å². The number of hydrogen-bond acceptors (Lipinski definition) is 2. The number of nitrogens with zero attached hydrogens (tertiary/aromatic N) is 1. The average molecular weight is 289 g/mol. The fourth-order valence-electron chi connectivity index (χ4n) is 1.43. The summed E-state index contributed by atoms with van der Waals surface area (Å²) in [6.07, 6.45) is 1.21. The minimum Gasteiger partial charge on any atom is -0.295 e. The first-order valence-corrected chi connectivity index (χ1v) is 5.66. The van der Waals surface area contributed by atoms with E-state index in [-0.39, 0.29) is 16.6 Å². The Bertz CT molecular complexity index is 709. The summed E-state index contributed by atoms with van der Waals surface area (Å²) >= 11 is 11.5.